The quantitative estimate of drug-likeness (QED) is 0.449. The van der Waals surface area contributed by atoms with Crippen LogP contribution in [0, 0.1) is 27.2 Å². The molecule has 0 aliphatic heterocycles. The molecule has 148 valence electrons. The lowest BCUT2D eigenvalue weighted by Gasteiger charge is -2.10. The highest BCUT2D eigenvalue weighted by atomic mass is 35.5. The van der Waals surface area contributed by atoms with E-state index < -0.39 is 27.1 Å². The molecule has 0 bridgehead atoms. The fourth-order valence-corrected chi connectivity index (χ4v) is 2.53. The van der Waals surface area contributed by atoms with Gasteiger partial charge in [0.1, 0.15) is 17.7 Å². The third kappa shape index (κ3) is 4.47. The molecule has 0 aliphatic rings. The lowest BCUT2D eigenvalue weighted by Crippen LogP contribution is -2.14. The predicted molar refractivity (Wildman–Crippen MR) is 103 cm³/mol. The highest BCUT2D eigenvalue weighted by Crippen LogP contribution is 2.31. The Hall–Kier alpha value is -3.99. The van der Waals surface area contributed by atoms with Crippen LogP contribution in [0.5, 0.6) is 11.5 Å². The number of carbonyl (C=O) groups is 1. The number of H-pyrrole nitrogens is 1. The predicted octanol–water partition coefficient (Wildman–Crippen LogP) is 4.23. The minimum absolute atomic E-state index is 0.00813. The van der Waals surface area contributed by atoms with Gasteiger partial charge >= 0.3 is 5.69 Å². The van der Waals surface area contributed by atoms with Crippen molar-refractivity contribution in [3.63, 3.8) is 0 Å². The highest BCUT2D eigenvalue weighted by molar-refractivity contribution is 6.31. The average molecular weight is 418 g/mol. The Labute approximate surface area is 167 Å². The van der Waals surface area contributed by atoms with Crippen LogP contribution in [0.15, 0.2) is 42.6 Å². The molecule has 0 saturated carbocycles. The molecule has 0 unspecified atom stereocenters. The number of ether oxygens (including phenoxy) is 1. The summed E-state index contributed by atoms with van der Waals surface area (Å²) in [5, 5.41) is 30.8. The molecule has 1 amide bonds. The number of non-ortho nitro benzene ring substituents is 1. The first kappa shape index (κ1) is 19.8. The summed E-state index contributed by atoms with van der Waals surface area (Å²) in [6.45, 7) is 1.77. The molecule has 3 rings (SSSR count). The minimum Gasteiger partial charge on any atom is -0.457 e. The summed E-state index contributed by atoms with van der Waals surface area (Å²) >= 11 is 5.97. The SMILES string of the molecule is Cc1cc(Oc2cc(NC(=O)c3[nH]ncc3[N+](=O)[O-])cc([N+](=O)[O-])c2)ccc1Cl. The monoisotopic (exact) mass is 417 g/mol. The first-order valence-electron chi connectivity index (χ1n) is 7.97. The zero-order valence-electron chi connectivity index (χ0n) is 14.7. The number of nitro benzene ring substituents is 1. The number of aromatic nitrogens is 2. The molecule has 12 heteroatoms. The van der Waals surface area contributed by atoms with Crippen LogP contribution in [0.1, 0.15) is 16.1 Å². The van der Waals surface area contributed by atoms with E-state index in [4.69, 9.17) is 16.3 Å². The summed E-state index contributed by atoms with van der Waals surface area (Å²) < 4.78 is 5.64. The maximum absolute atomic E-state index is 12.3. The van der Waals surface area contributed by atoms with Gasteiger partial charge in [-0.15, -0.1) is 0 Å². The van der Waals surface area contributed by atoms with Gasteiger partial charge in [0.15, 0.2) is 0 Å². The molecule has 11 nitrogen and oxygen atoms in total. The van der Waals surface area contributed by atoms with Crippen molar-refractivity contribution in [2.24, 2.45) is 0 Å². The number of rotatable bonds is 6. The zero-order valence-corrected chi connectivity index (χ0v) is 15.5. The van der Waals surface area contributed by atoms with Gasteiger partial charge in [-0.2, -0.15) is 5.10 Å². The van der Waals surface area contributed by atoms with Crippen LogP contribution in [-0.2, 0) is 0 Å². The van der Waals surface area contributed by atoms with E-state index in [-0.39, 0.29) is 17.1 Å². The number of aryl methyl sites for hydroxylation is 1. The van der Waals surface area contributed by atoms with Gasteiger partial charge in [-0.25, -0.2) is 0 Å². The standard InChI is InChI=1S/C17H12ClN5O6/c1-9-4-12(2-3-14(9)18)29-13-6-10(5-11(7-13)22(25)26)20-17(24)16-15(23(27)28)8-19-21-16/h2-8H,1H3,(H,19,21)(H,20,24). The average Bonchev–Trinajstić information content (AvgIpc) is 3.15. The third-order valence-corrected chi connectivity index (χ3v) is 4.19. The summed E-state index contributed by atoms with van der Waals surface area (Å²) in [6.07, 6.45) is 0.889. The normalized spacial score (nSPS) is 10.4. The second-order valence-electron chi connectivity index (χ2n) is 5.83. The second kappa shape index (κ2) is 7.94. The van der Waals surface area contributed by atoms with Gasteiger partial charge in [0.05, 0.1) is 21.6 Å². The Morgan fingerprint density at radius 2 is 1.90 bits per heavy atom. The van der Waals surface area contributed by atoms with Crippen molar-refractivity contribution < 1.29 is 19.4 Å². The lowest BCUT2D eigenvalue weighted by atomic mass is 10.2. The molecular weight excluding hydrogens is 406 g/mol. The lowest BCUT2D eigenvalue weighted by molar-refractivity contribution is -0.385. The number of nitro groups is 2. The van der Waals surface area contributed by atoms with Crippen LogP contribution in [0.2, 0.25) is 5.02 Å². The largest absolute Gasteiger partial charge is 0.457 e. The number of halogens is 1. The van der Waals surface area contributed by atoms with Crippen molar-refractivity contribution in [3.8, 4) is 11.5 Å². The van der Waals surface area contributed by atoms with E-state index in [9.17, 15) is 25.0 Å². The van der Waals surface area contributed by atoms with Crippen molar-refractivity contribution in [3.05, 3.63) is 79.1 Å². The van der Waals surface area contributed by atoms with E-state index in [2.05, 4.69) is 15.5 Å². The van der Waals surface area contributed by atoms with E-state index in [1.165, 1.54) is 12.1 Å². The van der Waals surface area contributed by atoms with Crippen molar-refractivity contribution in [2.45, 2.75) is 6.92 Å². The van der Waals surface area contributed by atoms with Gasteiger partial charge in [-0.05, 0) is 30.7 Å². The molecule has 0 atom stereocenters. The molecule has 0 radical (unpaired) electrons. The Balaban J connectivity index is 1.91. The Kier molecular flexibility index (Phi) is 5.41. The van der Waals surface area contributed by atoms with Crippen LogP contribution in [0.4, 0.5) is 17.1 Å². The van der Waals surface area contributed by atoms with Crippen molar-refractivity contribution in [1.29, 1.82) is 0 Å². The molecule has 29 heavy (non-hydrogen) atoms. The number of anilines is 1. The van der Waals surface area contributed by atoms with Crippen molar-refractivity contribution >= 4 is 34.6 Å². The molecule has 2 aromatic carbocycles. The van der Waals surface area contributed by atoms with Crippen LogP contribution in [0.3, 0.4) is 0 Å². The van der Waals surface area contributed by atoms with Gasteiger partial charge in [0.25, 0.3) is 11.6 Å². The van der Waals surface area contributed by atoms with E-state index in [0.29, 0.717) is 10.8 Å². The van der Waals surface area contributed by atoms with Crippen molar-refractivity contribution in [2.75, 3.05) is 5.32 Å². The number of nitrogens with one attached hydrogen (secondary N) is 2. The summed E-state index contributed by atoms with van der Waals surface area (Å²) in [4.78, 5) is 33.1. The number of amides is 1. The number of nitrogens with zero attached hydrogens (tertiary/aromatic N) is 3. The summed E-state index contributed by atoms with van der Waals surface area (Å²) in [7, 11) is 0. The molecule has 2 N–H and O–H groups in total. The fraction of sp³-hybridized carbons (Fsp3) is 0.0588. The Morgan fingerprint density at radius 3 is 2.55 bits per heavy atom. The van der Waals surface area contributed by atoms with Gasteiger partial charge in [0.2, 0.25) is 5.69 Å². The van der Waals surface area contributed by atoms with Gasteiger partial charge in [-0.3, -0.25) is 30.1 Å². The van der Waals surface area contributed by atoms with Crippen molar-refractivity contribution in [1.82, 2.24) is 10.2 Å². The molecule has 3 aromatic rings. The van der Waals surface area contributed by atoms with Crippen LogP contribution < -0.4 is 10.1 Å². The first-order valence-corrected chi connectivity index (χ1v) is 8.35. The number of hydrogen-bond donors (Lipinski definition) is 2. The number of carbonyl (C=O) groups excluding carboxylic acids is 1. The number of hydrogen-bond acceptors (Lipinski definition) is 7. The van der Waals surface area contributed by atoms with Gasteiger partial charge in [0, 0.05) is 17.2 Å². The zero-order chi connectivity index (χ0) is 21.1. The molecule has 0 fully saturated rings. The molecule has 0 aliphatic carbocycles. The van der Waals surface area contributed by atoms with E-state index in [0.717, 1.165) is 17.8 Å². The highest BCUT2D eigenvalue weighted by Gasteiger charge is 2.23. The Morgan fingerprint density at radius 1 is 1.14 bits per heavy atom. The topological polar surface area (TPSA) is 153 Å². The molecule has 1 heterocycles. The third-order valence-electron chi connectivity index (χ3n) is 3.77. The van der Waals surface area contributed by atoms with Crippen LogP contribution >= 0.6 is 11.6 Å². The Bertz CT molecular complexity index is 1130. The maximum Gasteiger partial charge on any atom is 0.319 e. The molecule has 1 aromatic heterocycles. The van der Waals surface area contributed by atoms with Crippen LogP contribution in [0.25, 0.3) is 0 Å². The number of aromatic amines is 1. The molecular formula is C17H12ClN5O6. The number of benzene rings is 2. The molecule has 0 spiro atoms. The maximum atomic E-state index is 12.3. The second-order valence-corrected chi connectivity index (χ2v) is 6.23. The van der Waals surface area contributed by atoms with E-state index in [1.807, 2.05) is 0 Å². The molecule has 0 saturated heterocycles. The van der Waals surface area contributed by atoms with E-state index in [1.54, 1.807) is 25.1 Å². The van der Waals surface area contributed by atoms with E-state index >= 15 is 0 Å². The van der Waals surface area contributed by atoms with Crippen LogP contribution in [-0.4, -0.2) is 26.0 Å². The van der Waals surface area contributed by atoms with Gasteiger partial charge < -0.3 is 10.1 Å². The summed E-state index contributed by atoms with van der Waals surface area (Å²) in [6, 6.07) is 8.47. The fourth-order valence-electron chi connectivity index (χ4n) is 2.42. The smallest absolute Gasteiger partial charge is 0.319 e. The first-order chi connectivity index (χ1) is 13.7. The summed E-state index contributed by atoms with van der Waals surface area (Å²) in [5.74, 6) is -0.424. The minimum atomic E-state index is -0.886. The summed E-state index contributed by atoms with van der Waals surface area (Å²) in [5.41, 5.74) is -0.510. The van der Waals surface area contributed by atoms with Gasteiger partial charge in [-0.1, -0.05) is 11.6 Å².